The molecule has 0 spiro atoms. The second-order valence-corrected chi connectivity index (χ2v) is 22.8. The van der Waals surface area contributed by atoms with Gasteiger partial charge in [-0.05, 0) is 137 Å². The SMILES string of the molecule is Cc1cc(/C=C(/CC[C@H]2OB(O)C[C@H]3C2=C(CO[Si](c2ccccc2)(c2ccccc2)C(C)(C)C)C[C@H]2C(=O)N(C4CCCCC4)C(=O)[C@H]23)c2ccccn2)cc(C)c1O. The molecule has 3 heterocycles. The molecule has 0 radical (unpaired) electrons. The number of hydrogen-bond donors (Lipinski definition) is 2. The molecular formula is C50H59BN2O6Si. The van der Waals surface area contributed by atoms with Crippen LogP contribution in [-0.2, 0) is 18.7 Å². The van der Waals surface area contributed by atoms with E-state index < -0.39 is 33.4 Å². The Morgan fingerprint density at radius 2 is 1.53 bits per heavy atom. The molecule has 4 aliphatic rings. The Morgan fingerprint density at radius 1 is 0.900 bits per heavy atom. The van der Waals surface area contributed by atoms with Crippen molar-refractivity contribution >= 4 is 49.3 Å². The molecule has 3 fully saturated rings. The fourth-order valence-electron chi connectivity index (χ4n) is 11.0. The van der Waals surface area contributed by atoms with Crippen LogP contribution in [0.2, 0.25) is 11.4 Å². The Morgan fingerprint density at radius 3 is 2.13 bits per heavy atom. The molecule has 2 aliphatic carbocycles. The zero-order valence-electron chi connectivity index (χ0n) is 35.8. The van der Waals surface area contributed by atoms with E-state index in [2.05, 4.69) is 75.4 Å². The number of pyridine rings is 1. The second kappa shape index (κ2) is 17.4. The normalized spacial score (nSPS) is 22.9. The Balaban J connectivity index is 1.22. The lowest BCUT2D eigenvalue weighted by atomic mass is 9.58. The van der Waals surface area contributed by atoms with Crippen LogP contribution < -0.4 is 10.4 Å². The van der Waals surface area contributed by atoms with Crippen molar-refractivity contribution in [2.24, 2.45) is 17.8 Å². The van der Waals surface area contributed by atoms with Gasteiger partial charge in [0.25, 0.3) is 8.32 Å². The van der Waals surface area contributed by atoms with Gasteiger partial charge < -0.3 is 19.2 Å². The molecule has 0 bridgehead atoms. The smallest absolute Gasteiger partial charge is 0.455 e. The van der Waals surface area contributed by atoms with Crippen LogP contribution in [0.4, 0.5) is 0 Å². The van der Waals surface area contributed by atoms with Crippen molar-refractivity contribution in [1.29, 1.82) is 0 Å². The number of hydrogen-bond acceptors (Lipinski definition) is 7. The molecule has 0 unspecified atom stereocenters. The van der Waals surface area contributed by atoms with Crippen molar-refractivity contribution in [2.75, 3.05) is 6.61 Å². The average Bonchev–Trinajstić information content (AvgIpc) is 3.50. The maximum atomic E-state index is 14.7. The minimum Gasteiger partial charge on any atom is -0.507 e. The van der Waals surface area contributed by atoms with Gasteiger partial charge in [0, 0.05) is 12.2 Å². The standard InChI is InChI=1S/C50H59BN2O6Si/c1-33-27-35(28-34(2)47(33)54)29-36(43-23-15-16-26-52-43)24-25-44-45-37(32-58-60(50(3,4)5,39-19-11-7-12-20-39)40-21-13-8-14-22-40)30-41-46(42(45)31-51(57)59-44)49(56)53(48(41)55)38-17-9-6-10-18-38/h7-8,11-16,19-23,26-29,38,41-42,44,46,54,57H,6,9-10,17-18,24-25,30-32H2,1-5H3/b36-29-/t41-,42+,44-,46-/m1/s1. The zero-order chi connectivity index (χ0) is 42.2. The Kier molecular flexibility index (Phi) is 12.2. The van der Waals surface area contributed by atoms with Crippen LogP contribution in [0.25, 0.3) is 11.6 Å². The molecule has 8 nitrogen and oxygen atoms in total. The number of fused-ring (bicyclic) bond motifs is 3. The summed E-state index contributed by atoms with van der Waals surface area (Å²) in [4.78, 5) is 35.6. The van der Waals surface area contributed by atoms with Crippen LogP contribution in [0.1, 0.15) is 94.5 Å². The number of benzene rings is 3. The molecule has 3 aromatic carbocycles. The molecule has 4 aromatic rings. The van der Waals surface area contributed by atoms with Gasteiger partial charge in [-0.1, -0.05) is 107 Å². The summed E-state index contributed by atoms with van der Waals surface area (Å²) < 4.78 is 14.2. The molecule has 8 rings (SSSR count). The second-order valence-electron chi connectivity index (χ2n) is 18.5. The highest BCUT2D eigenvalue weighted by Gasteiger charge is 2.59. The third kappa shape index (κ3) is 7.99. The molecule has 10 heteroatoms. The van der Waals surface area contributed by atoms with E-state index in [9.17, 15) is 19.7 Å². The summed E-state index contributed by atoms with van der Waals surface area (Å²) in [5, 5.41) is 24.2. The lowest BCUT2D eigenvalue weighted by molar-refractivity contribution is -0.143. The van der Waals surface area contributed by atoms with Crippen LogP contribution in [-0.4, -0.2) is 66.0 Å². The number of likely N-dealkylation sites (tertiary alicyclic amines) is 1. The Labute approximate surface area is 357 Å². The highest BCUT2D eigenvalue weighted by Crippen LogP contribution is 2.52. The van der Waals surface area contributed by atoms with E-state index in [0.29, 0.717) is 25.0 Å². The minimum absolute atomic E-state index is 0.0590. The van der Waals surface area contributed by atoms with Gasteiger partial charge in [0.15, 0.2) is 0 Å². The van der Waals surface area contributed by atoms with Crippen LogP contribution in [0.5, 0.6) is 5.75 Å². The molecular weight excluding hydrogens is 763 g/mol. The first kappa shape index (κ1) is 42.1. The number of carbonyl (C=O) groups excluding carboxylic acids is 2. The number of carbonyl (C=O) groups is 2. The monoisotopic (exact) mass is 822 g/mol. The lowest BCUT2D eigenvalue weighted by Crippen LogP contribution is -2.66. The van der Waals surface area contributed by atoms with Gasteiger partial charge in [-0.2, -0.15) is 0 Å². The largest absolute Gasteiger partial charge is 0.507 e. The summed E-state index contributed by atoms with van der Waals surface area (Å²) in [6.45, 7) is 10.9. The Hall–Kier alpha value is -4.61. The van der Waals surface area contributed by atoms with Crippen LogP contribution >= 0.6 is 0 Å². The van der Waals surface area contributed by atoms with E-state index in [1.54, 1.807) is 11.1 Å². The molecule has 4 atom stereocenters. The number of aryl methyl sites for hydroxylation is 2. The fraction of sp³-hybridized carbons (Fsp3) is 0.420. The van der Waals surface area contributed by atoms with Gasteiger partial charge in [0.2, 0.25) is 11.8 Å². The number of rotatable bonds is 11. The zero-order valence-corrected chi connectivity index (χ0v) is 36.8. The van der Waals surface area contributed by atoms with Crippen molar-refractivity contribution < 1.29 is 28.8 Å². The number of nitrogens with zero attached hydrogens (tertiary/aromatic N) is 2. The summed E-state index contributed by atoms with van der Waals surface area (Å²) in [5.41, 5.74) is 6.43. The highest BCUT2D eigenvalue weighted by molar-refractivity contribution is 6.99. The number of aromatic hydroxyl groups is 1. The van der Waals surface area contributed by atoms with Gasteiger partial charge in [-0.15, -0.1) is 0 Å². The van der Waals surface area contributed by atoms with E-state index in [-0.39, 0.29) is 41.7 Å². The highest BCUT2D eigenvalue weighted by atomic mass is 28.4. The summed E-state index contributed by atoms with van der Waals surface area (Å²) in [5.74, 6) is -1.24. The number of phenolic OH excluding ortho intramolecular Hbond substituents is 1. The molecule has 2 N–H and O–H groups in total. The number of allylic oxidation sites excluding steroid dienone is 1. The predicted octanol–water partition coefficient (Wildman–Crippen LogP) is 8.43. The quantitative estimate of drug-likeness (QED) is 0.0889. The van der Waals surface area contributed by atoms with E-state index in [1.165, 1.54) is 10.4 Å². The van der Waals surface area contributed by atoms with Crippen LogP contribution in [0.3, 0.4) is 0 Å². The van der Waals surface area contributed by atoms with Gasteiger partial charge in [-0.25, -0.2) is 0 Å². The number of amides is 2. The third-order valence-corrected chi connectivity index (χ3v) is 18.7. The van der Waals surface area contributed by atoms with Gasteiger partial charge in [0.1, 0.15) is 5.75 Å². The minimum atomic E-state index is -2.99. The van der Waals surface area contributed by atoms with Crippen LogP contribution in [0.15, 0.2) is 108 Å². The number of phenols is 1. The van der Waals surface area contributed by atoms with Gasteiger partial charge in [0.05, 0.1) is 30.2 Å². The van der Waals surface area contributed by atoms with E-state index in [1.807, 2.05) is 56.3 Å². The molecule has 1 aromatic heterocycles. The van der Waals surface area contributed by atoms with Crippen molar-refractivity contribution in [3.05, 3.63) is 131 Å². The summed E-state index contributed by atoms with van der Waals surface area (Å²) >= 11 is 0. The topological polar surface area (TPSA) is 109 Å². The summed E-state index contributed by atoms with van der Waals surface area (Å²) in [6, 6.07) is 31.0. The molecule has 2 aliphatic heterocycles. The molecule has 1 saturated carbocycles. The number of aromatic nitrogens is 1. The van der Waals surface area contributed by atoms with Crippen molar-refractivity contribution in [3.8, 4) is 5.75 Å². The summed E-state index contributed by atoms with van der Waals surface area (Å²) in [6.07, 6.45) is 10.0. The van der Waals surface area contributed by atoms with Crippen molar-refractivity contribution in [1.82, 2.24) is 9.88 Å². The fourth-order valence-corrected chi connectivity index (χ4v) is 15.5. The molecule has 2 amide bonds. The van der Waals surface area contributed by atoms with Gasteiger partial charge in [-0.3, -0.25) is 19.5 Å². The molecule has 312 valence electrons. The van der Waals surface area contributed by atoms with Crippen LogP contribution in [0, 0.1) is 31.6 Å². The number of imide groups is 1. The van der Waals surface area contributed by atoms with Gasteiger partial charge >= 0.3 is 7.12 Å². The average molecular weight is 823 g/mol. The predicted molar refractivity (Wildman–Crippen MR) is 241 cm³/mol. The first-order chi connectivity index (χ1) is 28.9. The maximum Gasteiger partial charge on any atom is 0.455 e. The molecule has 2 saturated heterocycles. The maximum absolute atomic E-state index is 14.7. The van der Waals surface area contributed by atoms with E-state index >= 15 is 0 Å². The van der Waals surface area contributed by atoms with Crippen molar-refractivity contribution in [2.45, 2.75) is 109 Å². The summed E-state index contributed by atoms with van der Waals surface area (Å²) in [7, 11) is -4.07. The van der Waals surface area contributed by atoms with Crippen molar-refractivity contribution in [3.63, 3.8) is 0 Å². The third-order valence-electron chi connectivity index (χ3n) is 13.7. The Bertz CT molecular complexity index is 2190. The molecule has 60 heavy (non-hydrogen) atoms. The van der Waals surface area contributed by atoms with E-state index in [4.69, 9.17) is 14.1 Å². The first-order valence-corrected chi connectivity index (χ1v) is 23.9. The lowest BCUT2D eigenvalue weighted by Gasteiger charge is -2.46. The first-order valence-electron chi connectivity index (χ1n) is 22.0. The van der Waals surface area contributed by atoms with E-state index in [0.717, 1.165) is 71.2 Å².